The number of benzene rings is 1. The molecule has 1 atom stereocenters. The molecule has 1 N–H and O–H groups in total. The van der Waals surface area contributed by atoms with Crippen LogP contribution >= 0.6 is 0 Å². The second-order valence-electron chi connectivity index (χ2n) is 4.89. The molecule has 0 spiro atoms. The molecule has 0 aromatic heterocycles. The number of hydrogen-bond donors (Lipinski definition) is 1. The fourth-order valence-electron chi connectivity index (χ4n) is 1.80. The van der Waals surface area contributed by atoms with E-state index < -0.39 is 11.9 Å². The molecular weight excluding hydrogens is 249 g/mol. The predicted molar refractivity (Wildman–Crippen MR) is 68.3 cm³/mol. The summed E-state index contributed by atoms with van der Waals surface area (Å²) in [4.78, 5) is 13.4. The first-order valence-corrected chi connectivity index (χ1v) is 6.35. The lowest BCUT2D eigenvalue weighted by molar-refractivity contribution is -0.132. The van der Waals surface area contributed by atoms with Gasteiger partial charge in [0.25, 0.3) is 5.91 Å². The van der Waals surface area contributed by atoms with E-state index in [2.05, 4.69) is 0 Å². The number of aliphatic hydroxyl groups is 1. The summed E-state index contributed by atoms with van der Waals surface area (Å²) in [6, 6.07) is 4.55. The van der Waals surface area contributed by atoms with Gasteiger partial charge in [0, 0.05) is 13.1 Å². The first-order valence-electron chi connectivity index (χ1n) is 6.35. The maximum atomic E-state index is 13.7. The van der Waals surface area contributed by atoms with Crippen LogP contribution in [0.3, 0.4) is 0 Å². The van der Waals surface area contributed by atoms with Gasteiger partial charge in [-0.3, -0.25) is 4.79 Å². The van der Waals surface area contributed by atoms with E-state index >= 15 is 0 Å². The molecule has 1 aromatic rings. The van der Waals surface area contributed by atoms with Gasteiger partial charge in [0.1, 0.15) is 0 Å². The summed E-state index contributed by atoms with van der Waals surface area (Å²) in [5, 5.41) is 9.33. The molecular formula is C14H18FNO3. The quantitative estimate of drug-likeness (QED) is 0.886. The Balaban J connectivity index is 1.93. The van der Waals surface area contributed by atoms with E-state index in [9.17, 15) is 14.3 Å². The van der Waals surface area contributed by atoms with Crippen LogP contribution in [-0.4, -0.2) is 35.6 Å². The second kappa shape index (κ2) is 5.57. The van der Waals surface area contributed by atoms with Gasteiger partial charge in [0.2, 0.25) is 0 Å². The zero-order chi connectivity index (χ0) is 14.0. The maximum Gasteiger partial charge on any atom is 0.260 e. The van der Waals surface area contributed by atoms with Gasteiger partial charge in [-0.2, -0.15) is 0 Å². The second-order valence-corrected chi connectivity index (χ2v) is 4.89. The number of aliphatic hydroxyl groups excluding tert-OH is 1. The average Bonchev–Trinajstić information content (AvgIpc) is 3.20. The molecule has 104 valence electrons. The average molecular weight is 267 g/mol. The Labute approximate surface area is 111 Å². The predicted octanol–water partition coefficient (Wildman–Crippen LogP) is 1.88. The molecule has 19 heavy (non-hydrogen) atoms. The van der Waals surface area contributed by atoms with Gasteiger partial charge in [-0.25, -0.2) is 4.39 Å². The number of rotatable bonds is 5. The minimum atomic E-state index is -0.730. The van der Waals surface area contributed by atoms with Crippen molar-refractivity contribution in [1.29, 1.82) is 0 Å². The van der Waals surface area contributed by atoms with E-state index in [4.69, 9.17) is 4.74 Å². The van der Waals surface area contributed by atoms with Crippen LogP contribution in [0.25, 0.3) is 0 Å². The van der Waals surface area contributed by atoms with Crippen molar-refractivity contribution in [2.45, 2.75) is 31.9 Å². The van der Waals surface area contributed by atoms with Gasteiger partial charge in [-0.05, 0) is 37.5 Å². The number of hydrogen-bond acceptors (Lipinski definition) is 3. The van der Waals surface area contributed by atoms with Crippen LogP contribution in [0.1, 0.15) is 31.4 Å². The standard InChI is InChI=1S/C14H18FNO3/c1-9(17)10-3-6-13(12(15)7-10)19-8-14(18)16(2)11-4-5-11/h3,6-7,9,11,17H,4-5,8H2,1-2H3. The Morgan fingerprint density at radius 3 is 2.79 bits per heavy atom. The van der Waals surface area contributed by atoms with Crippen molar-refractivity contribution in [3.8, 4) is 5.75 Å². The lowest BCUT2D eigenvalue weighted by Gasteiger charge is -2.16. The summed E-state index contributed by atoms with van der Waals surface area (Å²) >= 11 is 0. The van der Waals surface area contributed by atoms with Crippen molar-refractivity contribution < 1.29 is 19.0 Å². The molecule has 4 nitrogen and oxygen atoms in total. The molecule has 0 heterocycles. The highest BCUT2D eigenvalue weighted by Crippen LogP contribution is 2.26. The Bertz CT molecular complexity index is 472. The minimum Gasteiger partial charge on any atom is -0.481 e. The van der Waals surface area contributed by atoms with Crippen molar-refractivity contribution in [2.75, 3.05) is 13.7 Å². The van der Waals surface area contributed by atoms with Crippen LogP contribution in [0.15, 0.2) is 18.2 Å². The molecule has 1 aromatic carbocycles. The van der Waals surface area contributed by atoms with E-state index in [0.717, 1.165) is 12.8 Å². The van der Waals surface area contributed by atoms with Crippen LogP contribution in [0.2, 0.25) is 0 Å². The Kier molecular flexibility index (Phi) is 4.04. The molecule has 1 amide bonds. The van der Waals surface area contributed by atoms with Crippen LogP contribution in [-0.2, 0) is 4.79 Å². The summed E-state index contributed by atoms with van der Waals surface area (Å²) in [6.07, 6.45) is 1.32. The number of carbonyl (C=O) groups excluding carboxylic acids is 1. The fourth-order valence-corrected chi connectivity index (χ4v) is 1.80. The molecule has 1 fully saturated rings. The number of carbonyl (C=O) groups is 1. The number of ether oxygens (including phenoxy) is 1. The first-order chi connectivity index (χ1) is 8.99. The number of amides is 1. The SMILES string of the molecule is CC(O)c1ccc(OCC(=O)N(C)C2CC2)c(F)c1. The van der Waals surface area contributed by atoms with Crippen molar-refractivity contribution in [3.63, 3.8) is 0 Å². The molecule has 0 saturated heterocycles. The van der Waals surface area contributed by atoms with Crippen molar-refractivity contribution in [3.05, 3.63) is 29.6 Å². The van der Waals surface area contributed by atoms with Crippen LogP contribution in [0.4, 0.5) is 4.39 Å². The molecule has 0 bridgehead atoms. The molecule has 5 heteroatoms. The van der Waals surface area contributed by atoms with E-state index in [-0.39, 0.29) is 18.3 Å². The largest absolute Gasteiger partial charge is 0.481 e. The normalized spacial score (nSPS) is 16.0. The zero-order valence-electron chi connectivity index (χ0n) is 11.1. The summed E-state index contributed by atoms with van der Waals surface area (Å²) in [5.74, 6) is -0.691. The Hall–Kier alpha value is -1.62. The van der Waals surface area contributed by atoms with Crippen LogP contribution < -0.4 is 4.74 Å². The Morgan fingerprint density at radius 1 is 1.58 bits per heavy atom. The highest BCUT2D eigenvalue weighted by molar-refractivity contribution is 5.78. The minimum absolute atomic E-state index is 0.0296. The van der Waals surface area contributed by atoms with Gasteiger partial charge in [0.05, 0.1) is 6.10 Å². The number of halogens is 1. The van der Waals surface area contributed by atoms with Crippen LogP contribution in [0, 0.1) is 5.82 Å². The molecule has 2 rings (SSSR count). The van der Waals surface area contributed by atoms with Crippen molar-refractivity contribution >= 4 is 5.91 Å². The summed E-state index contributed by atoms with van der Waals surface area (Å²) < 4.78 is 18.9. The Morgan fingerprint density at radius 2 is 2.26 bits per heavy atom. The lowest BCUT2D eigenvalue weighted by atomic mass is 10.1. The van der Waals surface area contributed by atoms with Gasteiger partial charge in [-0.15, -0.1) is 0 Å². The van der Waals surface area contributed by atoms with Gasteiger partial charge in [0.15, 0.2) is 18.2 Å². The molecule has 1 unspecified atom stereocenters. The highest BCUT2D eigenvalue weighted by Gasteiger charge is 2.29. The van der Waals surface area contributed by atoms with Gasteiger partial charge < -0.3 is 14.7 Å². The van der Waals surface area contributed by atoms with E-state index in [1.165, 1.54) is 12.1 Å². The van der Waals surface area contributed by atoms with Crippen LogP contribution in [0.5, 0.6) is 5.75 Å². The molecule has 0 aliphatic heterocycles. The molecule has 1 aliphatic carbocycles. The summed E-state index contributed by atoms with van der Waals surface area (Å²) in [6.45, 7) is 1.39. The number of likely N-dealkylation sites (N-methyl/N-ethyl adjacent to an activating group) is 1. The van der Waals surface area contributed by atoms with E-state index in [1.807, 2.05) is 0 Å². The van der Waals surface area contributed by atoms with Crippen molar-refractivity contribution in [1.82, 2.24) is 4.90 Å². The van der Waals surface area contributed by atoms with E-state index in [1.54, 1.807) is 24.9 Å². The molecule has 0 radical (unpaired) electrons. The summed E-state index contributed by atoms with van der Waals surface area (Å²) in [5.41, 5.74) is 0.478. The fraction of sp³-hybridized carbons (Fsp3) is 0.500. The third-order valence-electron chi connectivity index (χ3n) is 3.28. The summed E-state index contributed by atoms with van der Waals surface area (Å²) in [7, 11) is 1.73. The van der Waals surface area contributed by atoms with Crippen molar-refractivity contribution in [2.24, 2.45) is 0 Å². The third-order valence-corrected chi connectivity index (χ3v) is 3.28. The topological polar surface area (TPSA) is 49.8 Å². The van der Waals surface area contributed by atoms with Gasteiger partial charge in [-0.1, -0.05) is 6.07 Å². The smallest absolute Gasteiger partial charge is 0.260 e. The van der Waals surface area contributed by atoms with E-state index in [0.29, 0.717) is 11.6 Å². The number of nitrogens with zero attached hydrogens (tertiary/aromatic N) is 1. The maximum absolute atomic E-state index is 13.7. The monoisotopic (exact) mass is 267 g/mol. The third kappa shape index (κ3) is 3.44. The molecule has 1 saturated carbocycles. The lowest BCUT2D eigenvalue weighted by Crippen LogP contribution is -2.33. The zero-order valence-corrected chi connectivity index (χ0v) is 11.1. The first kappa shape index (κ1) is 13.8. The van der Waals surface area contributed by atoms with Gasteiger partial charge >= 0.3 is 0 Å². The highest BCUT2D eigenvalue weighted by atomic mass is 19.1. The molecule has 1 aliphatic rings.